The molecule has 0 N–H and O–H groups in total. The number of hydrogen-bond acceptors (Lipinski definition) is 0. The first-order valence-corrected chi connectivity index (χ1v) is 11.0. The number of hydrogen-bond donors (Lipinski definition) is 0. The molecule has 6 aromatic carbocycles. The van der Waals surface area contributed by atoms with Gasteiger partial charge in [-0.05, 0) is 60.1 Å². The fourth-order valence-electron chi connectivity index (χ4n) is 4.96. The second kappa shape index (κ2) is 7.51. The molecule has 0 aliphatic rings. The van der Waals surface area contributed by atoms with Crippen LogP contribution in [-0.4, -0.2) is 0 Å². The van der Waals surface area contributed by atoms with Crippen molar-refractivity contribution < 1.29 is 0 Å². The second-order valence-electron chi connectivity index (χ2n) is 8.19. The van der Waals surface area contributed by atoms with Crippen molar-refractivity contribution in [3.8, 4) is 22.3 Å². The van der Waals surface area contributed by atoms with Crippen molar-refractivity contribution in [2.45, 2.75) is 0 Å². The molecule has 0 aliphatic carbocycles. The summed E-state index contributed by atoms with van der Waals surface area (Å²) in [7, 11) is 0. The molecule has 0 aliphatic heterocycles. The van der Waals surface area contributed by atoms with Crippen molar-refractivity contribution in [3.63, 3.8) is 0 Å². The molecule has 0 fully saturated rings. The fraction of sp³-hybridized carbons (Fsp3) is 0. The van der Waals surface area contributed by atoms with E-state index in [1.165, 1.54) is 54.6 Å². The summed E-state index contributed by atoms with van der Waals surface area (Å²) < 4.78 is 0. The van der Waals surface area contributed by atoms with Gasteiger partial charge in [0.15, 0.2) is 0 Å². The lowest BCUT2D eigenvalue weighted by molar-refractivity contribution is 1.64. The average molecular weight is 407 g/mol. The van der Waals surface area contributed by atoms with Crippen LogP contribution in [0.3, 0.4) is 0 Å². The summed E-state index contributed by atoms with van der Waals surface area (Å²) in [6.07, 6.45) is 1.89. The Bertz CT molecular complexity index is 1560. The first-order valence-electron chi connectivity index (χ1n) is 11.0. The number of benzene rings is 6. The van der Waals surface area contributed by atoms with Crippen LogP contribution in [0.15, 0.2) is 122 Å². The standard InChI is InChI=1S/C32H22/c1-2-22-18-20-24(21-19-22)31-27-13-5-7-15-29(27)32(30-16-8-6-14-28(30)31)26-17-9-11-23-10-3-4-12-25(23)26/h2-21H,1H2. The largest absolute Gasteiger partial charge is 0.0985 e. The van der Waals surface area contributed by atoms with Crippen molar-refractivity contribution in [2.24, 2.45) is 0 Å². The van der Waals surface area contributed by atoms with Crippen LogP contribution >= 0.6 is 0 Å². The van der Waals surface area contributed by atoms with Crippen LogP contribution in [0.1, 0.15) is 5.56 Å². The summed E-state index contributed by atoms with van der Waals surface area (Å²) in [6.45, 7) is 3.90. The van der Waals surface area contributed by atoms with Gasteiger partial charge in [0.1, 0.15) is 0 Å². The van der Waals surface area contributed by atoms with Crippen LogP contribution in [0.4, 0.5) is 0 Å². The molecule has 0 unspecified atom stereocenters. The zero-order valence-electron chi connectivity index (χ0n) is 17.8. The normalized spacial score (nSPS) is 11.2. The van der Waals surface area contributed by atoms with Gasteiger partial charge in [0, 0.05) is 0 Å². The zero-order chi connectivity index (χ0) is 21.5. The van der Waals surface area contributed by atoms with Crippen LogP contribution in [0.5, 0.6) is 0 Å². The van der Waals surface area contributed by atoms with Gasteiger partial charge in [-0.25, -0.2) is 0 Å². The Morgan fingerprint density at radius 1 is 0.438 bits per heavy atom. The molecule has 0 radical (unpaired) electrons. The van der Waals surface area contributed by atoms with Gasteiger partial charge in [-0.15, -0.1) is 0 Å². The van der Waals surface area contributed by atoms with Gasteiger partial charge in [0.25, 0.3) is 0 Å². The molecule has 0 bridgehead atoms. The molecular formula is C32H22. The molecule has 0 spiro atoms. The maximum Gasteiger partial charge on any atom is -0.00201 e. The minimum absolute atomic E-state index is 1.13. The fourth-order valence-corrected chi connectivity index (χ4v) is 4.96. The van der Waals surface area contributed by atoms with Crippen molar-refractivity contribution in [2.75, 3.05) is 0 Å². The molecule has 32 heavy (non-hydrogen) atoms. The highest BCUT2D eigenvalue weighted by Crippen LogP contribution is 2.45. The molecular weight excluding hydrogens is 384 g/mol. The van der Waals surface area contributed by atoms with Gasteiger partial charge in [0.05, 0.1) is 0 Å². The van der Waals surface area contributed by atoms with Crippen LogP contribution in [-0.2, 0) is 0 Å². The maximum atomic E-state index is 3.90. The molecule has 6 aromatic rings. The quantitative estimate of drug-likeness (QED) is 0.257. The Morgan fingerprint density at radius 3 is 1.53 bits per heavy atom. The minimum Gasteiger partial charge on any atom is -0.0985 e. The van der Waals surface area contributed by atoms with E-state index in [1.807, 2.05) is 6.08 Å². The van der Waals surface area contributed by atoms with Crippen molar-refractivity contribution in [3.05, 3.63) is 127 Å². The maximum absolute atomic E-state index is 3.90. The Balaban J connectivity index is 1.79. The summed E-state index contributed by atoms with van der Waals surface area (Å²) in [4.78, 5) is 0. The lowest BCUT2D eigenvalue weighted by atomic mass is 9.84. The molecule has 0 nitrogen and oxygen atoms in total. The Hall–Kier alpha value is -4.16. The Kier molecular flexibility index (Phi) is 4.37. The van der Waals surface area contributed by atoms with E-state index in [-0.39, 0.29) is 0 Å². The van der Waals surface area contributed by atoms with Crippen LogP contribution < -0.4 is 0 Å². The topological polar surface area (TPSA) is 0 Å². The van der Waals surface area contributed by atoms with E-state index in [0.717, 1.165) is 5.56 Å². The third-order valence-corrected chi connectivity index (χ3v) is 6.43. The van der Waals surface area contributed by atoms with Gasteiger partial charge in [-0.2, -0.15) is 0 Å². The summed E-state index contributed by atoms with van der Waals surface area (Å²) in [6, 6.07) is 41.6. The lowest BCUT2D eigenvalue weighted by Crippen LogP contribution is -1.91. The minimum atomic E-state index is 1.13. The molecule has 0 heterocycles. The SMILES string of the molecule is C=Cc1ccc(-c2c3ccccc3c(-c3cccc4ccccc34)c3ccccc23)cc1. The monoisotopic (exact) mass is 406 g/mol. The molecule has 6 rings (SSSR count). The Labute approximate surface area is 188 Å². The summed E-state index contributed by atoms with van der Waals surface area (Å²) in [5.74, 6) is 0. The van der Waals surface area contributed by atoms with Crippen LogP contribution in [0.2, 0.25) is 0 Å². The second-order valence-corrected chi connectivity index (χ2v) is 8.19. The van der Waals surface area contributed by atoms with Crippen molar-refractivity contribution in [1.82, 2.24) is 0 Å². The van der Waals surface area contributed by atoms with Crippen molar-refractivity contribution >= 4 is 38.4 Å². The summed E-state index contributed by atoms with van der Waals surface area (Å²) in [5.41, 5.74) is 6.24. The highest BCUT2D eigenvalue weighted by Gasteiger charge is 2.17. The summed E-state index contributed by atoms with van der Waals surface area (Å²) >= 11 is 0. The van der Waals surface area contributed by atoms with Crippen LogP contribution in [0, 0.1) is 0 Å². The van der Waals surface area contributed by atoms with Crippen LogP contribution in [0.25, 0.3) is 60.6 Å². The predicted molar refractivity (Wildman–Crippen MR) is 140 cm³/mol. The van der Waals surface area contributed by atoms with Gasteiger partial charge < -0.3 is 0 Å². The smallest absolute Gasteiger partial charge is 0.00201 e. The predicted octanol–water partition coefficient (Wildman–Crippen LogP) is 9.12. The molecule has 0 amide bonds. The molecule has 150 valence electrons. The molecule has 0 saturated carbocycles. The van der Waals surface area contributed by atoms with E-state index in [2.05, 4.69) is 122 Å². The lowest BCUT2D eigenvalue weighted by Gasteiger charge is -2.18. The summed E-state index contributed by atoms with van der Waals surface area (Å²) in [5, 5.41) is 7.67. The Morgan fingerprint density at radius 2 is 0.938 bits per heavy atom. The van der Waals surface area contributed by atoms with E-state index in [4.69, 9.17) is 0 Å². The van der Waals surface area contributed by atoms with Crippen molar-refractivity contribution in [1.29, 1.82) is 0 Å². The first kappa shape index (κ1) is 18.6. The third kappa shape index (κ3) is 2.85. The highest BCUT2D eigenvalue weighted by molar-refractivity contribution is 6.23. The van der Waals surface area contributed by atoms with E-state index in [0.29, 0.717) is 0 Å². The molecule has 0 saturated heterocycles. The zero-order valence-corrected chi connectivity index (χ0v) is 17.8. The van der Waals surface area contributed by atoms with Gasteiger partial charge in [-0.3, -0.25) is 0 Å². The molecule has 0 atom stereocenters. The van der Waals surface area contributed by atoms with Gasteiger partial charge in [0.2, 0.25) is 0 Å². The van der Waals surface area contributed by atoms with E-state index in [9.17, 15) is 0 Å². The van der Waals surface area contributed by atoms with E-state index < -0.39 is 0 Å². The van der Waals surface area contributed by atoms with Gasteiger partial charge in [-0.1, -0.05) is 128 Å². The van der Waals surface area contributed by atoms with E-state index in [1.54, 1.807) is 0 Å². The number of fused-ring (bicyclic) bond motifs is 3. The highest BCUT2D eigenvalue weighted by atomic mass is 14.2. The van der Waals surface area contributed by atoms with E-state index >= 15 is 0 Å². The molecule has 0 aromatic heterocycles. The number of rotatable bonds is 3. The van der Waals surface area contributed by atoms with Gasteiger partial charge >= 0.3 is 0 Å². The first-order chi connectivity index (χ1) is 15.8. The average Bonchev–Trinajstić information content (AvgIpc) is 2.87. The third-order valence-electron chi connectivity index (χ3n) is 6.43. The molecule has 0 heteroatoms.